The van der Waals surface area contributed by atoms with Crippen LogP contribution in [0, 0.1) is 17.1 Å². The Morgan fingerprint density at radius 1 is 1.37 bits per heavy atom. The predicted molar refractivity (Wildman–Crippen MR) is 76.8 cm³/mol. The molecule has 0 saturated carbocycles. The highest BCUT2D eigenvalue weighted by molar-refractivity contribution is 7.12. The summed E-state index contributed by atoms with van der Waals surface area (Å²) in [5.74, 6) is -0.481. The van der Waals surface area contributed by atoms with E-state index in [1.807, 2.05) is 6.07 Å². The molecule has 1 aromatic carbocycles. The van der Waals surface area contributed by atoms with E-state index < -0.39 is 5.82 Å². The summed E-state index contributed by atoms with van der Waals surface area (Å²) >= 11 is 1.77. The Hall–Kier alpha value is -1.86. The van der Waals surface area contributed by atoms with Crippen molar-refractivity contribution in [2.75, 3.05) is 5.32 Å². The molecule has 0 amide bonds. The van der Waals surface area contributed by atoms with Crippen LogP contribution < -0.4 is 5.32 Å². The van der Waals surface area contributed by atoms with Gasteiger partial charge in [0, 0.05) is 15.4 Å². The number of anilines is 1. The van der Waals surface area contributed by atoms with E-state index in [2.05, 4.69) is 31.3 Å². The molecule has 1 heterocycles. The van der Waals surface area contributed by atoms with Crippen molar-refractivity contribution in [3.05, 3.63) is 51.5 Å². The van der Waals surface area contributed by atoms with Crippen LogP contribution in [-0.2, 0) is 6.42 Å². The normalized spacial score (nSPS) is 11.9. The van der Waals surface area contributed by atoms with Gasteiger partial charge < -0.3 is 5.32 Å². The van der Waals surface area contributed by atoms with E-state index in [4.69, 9.17) is 5.26 Å². The molecule has 1 aromatic heterocycles. The average molecular weight is 274 g/mol. The average Bonchev–Trinajstić information content (AvgIpc) is 2.90. The fourth-order valence-electron chi connectivity index (χ4n) is 1.84. The van der Waals surface area contributed by atoms with Gasteiger partial charge in [0.15, 0.2) is 0 Å². The zero-order chi connectivity index (χ0) is 13.8. The summed E-state index contributed by atoms with van der Waals surface area (Å²) in [6.07, 6.45) is 1.03. The molecular formula is C15H15FN2S. The van der Waals surface area contributed by atoms with Crippen LogP contribution in [-0.4, -0.2) is 0 Å². The van der Waals surface area contributed by atoms with Crippen LogP contribution in [0.1, 0.15) is 35.2 Å². The molecule has 0 radical (unpaired) electrons. The van der Waals surface area contributed by atoms with Gasteiger partial charge in [-0.2, -0.15) is 5.26 Å². The summed E-state index contributed by atoms with van der Waals surface area (Å²) in [5.41, 5.74) is 0.828. The van der Waals surface area contributed by atoms with E-state index in [-0.39, 0.29) is 11.6 Å². The Morgan fingerprint density at radius 3 is 2.79 bits per heavy atom. The maximum Gasteiger partial charge on any atom is 0.141 e. The molecular weight excluding hydrogens is 259 g/mol. The second-order valence-electron chi connectivity index (χ2n) is 4.33. The lowest BCUT2D eigenvalue weighted by molar-refractivity contribution is 0.624. The quantitative estimate of drug-likeness (QED) is 0.891. The summed E-state index contributed by atoms with van der Waals surface area (Å²) in [5, 5.41) is 12.1. The lowest BCUT2D eigenvalue weighted by atomic mass is 10.2. The highest BCUT2D eigenvalue weighted by Crippen LogP contribution is 2.27. The van der Waals surface area contributed by atoms with Crippen molar-refractivity contribution in [3.8, 4) is 6.07 Å². The third-order valence-electron chi connectivity index (χ3n) is 2.93. The Morgan fingerprint density at radius 2 is 2.16 bits per heavy atom. The molecule has 1 atom stereocenters. The van der Waals surface area contributed by atoms with Gasteiger partial charge in [0.2, 0.25) is 0 Å². The number of nitrogens with one attached hydrogen (secondary N) is 1. The Balaban J connectivity index is 2.14. The topological polar surface area (TPSA) is 35.8 Å². The Bertz CT molecular complexity index is 613. The Labute approximate surface area is 116 Å². The lowest BCUT2D eigenvalue weighted by Crippen LogP contribution is -2.05. The van der Waals surface area contributed by atoms with Crippen molar-refractivity contribution in [1.29, 1.82) is 5.26 Å². The van der Waals surface area contributed by atoms with Gasteiger partial charge in [0.1, 0.15) is 11.9 Å². The van der Waals surface area contributed by atoms with Gasteiger partial charge in [0.25, 0.3) is 0 Å². The van der Waals surface area contributed by atoms with Gasteiger partial charge in [-0.15, -0.1) is 11.3 Å². The van der Waals surface area contributed by atoms with E-state index in [9.17, 15) is 4.39 Å². The molecule has 1 N–H and O–H groups in total. The minimum Gasteiger partial charge on any atom is -0.378 e. The van der Waals surface area contributed by atoms with Crippen LogP contribution in [0.2, 0.25) is 0 Å². The molecule has 2 nitrogen and oxygen atoms in total. The van der Waals surface area contributed by atoms with Gasteiger partial charge >= 0.3 is 0 Å². The first-order valence-corrected chi connectivity index (χ1v) is 7.00. The second-order valence-corrected chi connectivity index (χ2v) is 5.53. The van der Waals surface area contributed by atoms with E-state index in [0.29, 0.717) is 0 Å². The van der Waals surface area contributed by atoms with Gasteiger partial charge in [-0.05, 0) is 43.7 Å². The maximum absolute atomic E-state index is 13.2. The highest BCUT2D eigenvalue weighted by Gasteiger charge is 2.09. The van der Waals surface area contributed by atoms with Crippen LogP contribution >= 0.6 is 11.3 Å². The van der Waals surface area contributed by atoms with E-state index in [1.165, 1.54) is 15.8 Å². The summed E-state index contributed by atoms with van der Waals surface area (Å²) in [7, 11) is 0. The molecule has 4 heteroatoms. The predicted octanol–water partition coefficient (Wildman–Crippen LogP) is 4.49. The fourth-order valence-corrected chi connectivity index (χ4v) is 2.79. The number of rotatable bonds is 4. The molecule has 19 heavy (non-hydrogen) atoms. The molecule has 0 saturated heterocycles. The van der Waals surface area contributed by atoms with Crippen LogP contribution in [0.3, 0.4) is 0 Å². The van der Waals surface area contributed by atoms with Crippen LogP contribution in [0.5, 0.6) is 0 Å². The summed E-state index contributed by atoms with van der Waals surface area (Å²) in [4.78, 5) is 2.58. The van der Waals surface area contributed by atoms with Gasteiger partial charge in [-0.3, -0.25) is 0 Å². The third kappa shape index (κ3) is 3.12. The van der Waals surface area contributed by atoms with Crippen LogP contribution in [0.15, 0.2) is 30.3 Å². The van der Waals surface area contributed by atoms with Gasteiger partial charge in [0.05, 0.1) is 11.6 Å². The first kappa shape index (κ1) is 13.6. The summed E-state index contributed by atoms with van der Waals surface area (Å²) < 4.78 is 13.2. The molecule has 2 aromatic rings. The van der Waals surface area contributed by atoms with E-state index >= 15 is 0 Å². The number of hydrogen-bond donors (Lipinski definition) is 1. The van der Waals surface area contributed by atoms with Crippen LogP contribution in [0.4, 0.5) is 10.1 Å². The molecule has 0 bridgehead atoms. The molecule has 0 spiro atoms. The van der Waals surface area contributed by atoms with Crippen molar-refractivity contribution in [2.45, 2.75) is 26.3 Å². The molecule has 0 fully saturated rings. The zero-order valence-electron chi connectivity index (χ0n) is 10.9. The molecule has 0 aliphatic carbocycles. The molecule has 0 aliphatic rings. The van der Waals surface area contributed by atoms with E-state index in [0.717, 1.165) is 12.1 Å². The monoisotopic (exact) mass is 274 g/mol. The zero-order valence-corrected chi connectivity index (χ0v) is 11.7. The number of thiophene rings is 1. The number of nitrogens with zero attached hydrogens (tertiary/aromatic N) is 1. The van der Waals surface area contributed by atoms with Gasteiger partial charge in [-0.1, -0.05) is 6.92 Å². The van der Waals surface area contributed by atoms with E-state index in [1.54, 1.807) is 23.5 Å². The standard InChI is InChI=1S/C15H15FN2S/c1-3-13-5-7-15(19-13)10(2)18-12-4-6-14(16)11(8-12)9-17/h4-8,10,18H,3H2,1-2H3. The van der Waals surface area contributed by atoms with Crippen molar-refractivity contribution in [3.63, 3.8) is 0 Å². The number of hydrogen-bond acceptors (Lipinski definition) is 3. The number of halogens is 1. The van der Waals surface area contributed by atoms with Gasteiger partial charge in [-0.25, -0.2) is 4.39 Å². The number of aryl methyl sites for hydroxylation is 1. The summed E-state index contributed by atoms with van der Waals surface area (Å²) in [6, 6.07) is 10.7. The van der Waals surface area contributed by atoms with Crippen molar-refractivity contribution >= 4 is 17.0 Å². The van der Waals surface area contributed by atoms with Crippen molar-refractivity contribution in [2.24, 2.45) is 0 Å². The fraction of sp³-hybridized carbons (Fsp3) is 0.267. The molecule has 2 rings (SSSR count). The van der Waals surface area contributed by atoms with Crippen molar-refractivity contribution < 1.29 is 4.39 Å². The first-order chi connectivity index (χ1) is 9.13. The highest BCUT2D eigenvalue weighted by atomic mass is 32.1. The first-order valence-electron chi connectivity index (χ1n) is 6.18. The minimum absolute atomic E-state index is 0.0672. The number of benzene rings is 1. The smallest absolute Gasteiger partial charge is 0.141 e. The third-order valence-corrected chi connectivity index (χ3v) is 4.34. The minimum atomic E-state index is -0.481. The second kappa shape index (κ2) is 5.85. The molecule has 0 aliphatic heterocycles. The molecule has 98 valence electrons. The maximum atomic E-state index is 13.2. The van der Waals surface area contributed by atoms with Crippen LogP contribution in [0.25, 0.3) is 0 Å². The summed E-state index contributed by atoms with van der Waals surface area (Å²) in [6.45, 7) is 4.19. The SMILES string of the molecule is CCc1ccc(C(C)Nc2ccc(F)c(C#N)c2)s1. The number of nitriles is 1. The lowest BCUT2D eigenvalue weighted by Gasteiger charge is -2.14. The Kier molecular flexibility index (Phi) is 4.18. The largest absolute Gasteiger partial charge is 0.378 e. The van der Waals surface area contributed by atoms with Crippen molar-refractivity contribution in [1.82, 2.24) is 0 Å². The molecule has 1 unspecified atom stereocenters.